The zero-order valence-corrected chi connectivity index (χ0v) is 11.2. The van der Waals surface area contributed by atoms with Crippen LogP contribution >= 0.6 is 0 Å². The highest BCUT2D eigenvalue weighted by Crippen LogP contribution is 2.31. The van der Waals surface area contributed by atoms with Gasteiger partial charge in [-0.15, -0.1) is 0 Å². The summed E-state index contributed by atoms with van der Waals surface area (Å²) in [6.45, 7) is 2.68. The largest absolute Gasteiger partial charge is 0.391 e. The molecule has 1 aromatic carbocycles. The first-order valence-corrected chi connectivity index (χ1v) is 6.82. The Hall–Kier alpha value is -1.62. The molecule has 0 aliphatic heterocycles. The molecule has 0 spiro atoms. The highest BCUT2D eigenvalue weighted by molar-refractivity contribution is 5.56. The number of nitro benzene ring substituents is 1. The zero-order chi connectivity index (χ0) is 13.8. The molecule has 1 aliphatic carbocycles. The van der Waals surface area contributed by atoms with E-state index in [1.165, 1.54) is 31.7 Å². The van der Waals surface area contributed by atoms with E-state index in [9.17, 15) is 15.2 Å². The van der Waals surface area contributed by atoms with Crippen LogP contribution in [0, 0.1) is 10.1 Å². The van der Waals surface area contributed by atoms with Crippen molar-refractivity contribution < 1.29 is 10.0 Å². The van der Waals surface area contributed by atoms with E-state index >= 15 is 0 Å². The predicted octanol–water partition coefficient (Wildman–Crippen LogP) is 2.86. The number of benzene rings is 1. The Bertz CT molecular complexity index is 456. The van der Waals surface area contributed by atoms with Gasteiger partial charge in [-0.3, -0.25) is 10.1 Å². The molecule has 0 unspecified atom stereocenters. The van der Waals surface area contributed by atoms with E-state index in [0.717, 1.165) is 12.2 Å². The van der Waals surface area contributed by atoms with Gasteiger partial charge in [-0.25, -0.2) is 0 Å². The van der Waals surface area contributed by atoms with Crippen LogP contribution in [0.2, 0.25) is 0 Å². The van der Waals surface area contributed by atoms with Crippen LogP contribution in [0.25, 0.3) is 0 Å². The van der Waals surface area contributed by atoms with Crippen LogP contribution in [0.4, 0.5) is 11.4 Å². The van der Waals surface area contributed by atoms with Gasteiger partial charge >= 0.3 is 0 Å². The van der Waals surface area contributed by atoms with E-state index in [2.05, 4.69) is 11.8 Å². The molecule has 1 aliphatic rings. The fraction of sp³-hybridized carbons (Fsp3) is 0.571. The van der Waals surface area contributed by atoms with Crippen LogP contribution in [0.5, 0.6) is 0 Å². The Labute approximate surface area is 113 Å². The molecule has 0 saturated heterocycles. The van der Waals surface area contributed by atoms with E-state index in [0.29, 0.717) is 11.6 Å². The minimum atomic E-state index is -0.443. The van der Waals surface area contributed by atoms with Crippen LogP contribution in [0.15, 0.2) is 18.2 Å². The molecule has 19 heavy (non-hydrogen) atoms. The molecule has 0 atom stereocenters. The molecular weight excluding hydrogens is 244 g/mol. The lowest BCUT2D eigenvalue weighted by atomic mass is 10.1. The molecule has 0 radical (unpaired) electrons. The maximum atomic E-state index is 10.9. The monoisotopic (exact) mass is 264 g/mol. The summed E-state index contributed by atoms with van der Waals surface area (Å²) in [5.41, 5.74) is 1.36. The summed E-state index contributed by atoms with van der Waals surface area (Å²) in [5, 5.41) is 20.2. The van der Waals surface area contributed by atoms with Crippen molar-refractivity contribution in [1.29, 1.82) is 0 Å². The van der Waals surface area contributed by atoms with Crippen molar-refractivity contribution in [3.63, 3.8) is 0 Å². The standard InChI is InChI=1S/C14H20N2O3/c1-2-15(12-5-3-4-6-12)13-7-8-14(16(18)19)11(9-13)10-17/h7-9,12,17H,2-6,10H2,1H3. The van der Waals surface area contributed by atoms with Gasteiger partial charge in [0.1, 0.15) is 0 Å². The van der Waals surface area contributed by atoms with Crippen LogP contribution in [0.3, 0.4) is 0 Å². The molecule has 1 N–H and O–H groups in total. The zero-order valence-electron chi connectivity index (χ0n) is 11.2. The third-order valence-corrected chi connectivity index (χ3v) is 3.87. The molecule has 0 amide bonds. The molecule has 5 nitrogen and oxygen atoms in total. The molecule has 0 bridgehead atoms. The number of nitro groups is 1. The minimum Gasteiger partial charge on any atom is -0.391 e. The Morgan fingerprint density at radius 2 is 2.11 bits per heavy atom. The highest BCUT2D eigenvalue weighted by atomic mass is 16.6. The maximum Gasteiger partial charge on any atom is 0.275 e. The average molecular weight is 264 g/mol. The van der Waals surface area contributed by atoms with Gasteiger partial charge < -0.3 is 10.0 Å². The van der Waals surface area contributed by atoms with E-state index in [4.69, 9.17) is 0 Å². The number of nitrogens with zero attached hydrogens (tertiary/aromatic N) is 2. The van der Waals surface area contributed by atoms with Crippen LogP contribution in [-0.4, -0.2) is 22.6 Å². The first kappa shape index (κ1) is 13.8. The smallest absolute Gasteiger partial charge is 0.275 e. The van der Waals surface area contributed by atoms with Gasteiger partial charge in [0.15, 0.2) is 0 Å². The Morgan fingerprint density at radius 1 is 1.42 bits per heavy atom. The van der Waals surface area contributed by atoms with E-state index in [1.54, 1.807) is 12.1 Å². The van der Waals surface area contributed by atoms with Gasteiger partial charge in [0.25, 0.3) is 5.69 Å². The molecule has 1 fully saturated rings. The second-order valence-corrected chi connectivity index (χ2v) is 4.95. The third kappa shape index (κ3) is 2.87. The molecule has 2 rings (SSSR count). The number of anilines is 1. The lowest BCUT2D eigenvalue weighted by Gasteiger charge is -2.30. The predicted molar refractivity (Wildman–Crippen MR) is 74.3 cm³/mol. The van der Waals surface area contributed by atoms with Crippen LogP contribution < -0.4 is 4.90 Å². The molecular formula is C14H20N2O3. The average Bonchev–Trinajstić information content (AvgIpc) is 2.93. The molecule has 5 heteroatoms. The summed E-state index contributed by atoms with van der Waals surface area (Å²) >= 11 is 0. The Balaban J connectivity index is 2.30. The van der Waals surface area contributed by atoms with Gasteiger partial charge in [-0.2, -0.15) is 0 Å². The van der Waals surface area contributed by atoms with Gasteiger partial charge in [0.05, 0.1) is 17.1 Å². The number of hydrogen-bond donors (Lipinski definition) is 1. The summed E-state index contributed by atoms with van der Waals surface area (Å²) in [7, 11) is 0. The first-order chi connectivity index (χ1) is 9.17. The fourth-order valence-electron chi connectivity index (χ4n) is 2.92. The van der Waals surface area contributed by atoms with Gasteiger partial charge in [0.2, 0.25) is 0 Å². The molecule has 1 saturated carbocycles. The summed E-state index contributed by atoms with van der Waals surface area (Å²) < 4.78 is 0. The van der Waals surface area contributed by atoms with Crippen LogP contribution in [0.1, 0.15) is 38.2 Å². The SMILES string of the molecule is CCN(c1ccc([N+](=O)[O-])c(CO)c1)C1CCCC1. The summed E-state index contributed by atoms with van der Waals surface area (Å²) in [4.78, 5) is 12.7. The second-order valence-electron chi connectivity index (χ2n) is 4.95. The van der Waals surface area contributed by atoms with Crippen molar-refractivity contribution in [1.82, 2.24) is 0 Å². The highest BCUT2D eigenvalue weighted by Gasteiger charge is 2.23. The number of rotatable bonds is 5. The first-order valence-electron chi connectivity index (χ1n) is 6.82. The van der Waals surface area contributed by atoms with E-state index < -0.39 is 4.92 Å². The number of hydrogen-bond acceptors (Lipinski definition) is 4. The summed E-state index contributed by atoms with van der Waals surface area (Å²) in [5.74, 6) is 0. The van der Waals surface area contributed by atoms with Gasteiger partial charge in [-0.1, -0.05) is 12.8 Å². The second kappa shape index (κ2) is 6.02. The Kier molecular flexibility index (Phi) is 4.37. The fourth-order valence-corrected chi connectivity index (χ4v) is 2.92. The topological polar surface area (TPSA) is 66.6 Å². The summed E-state index contributed by atoms with van der Waals surface area (Å²) in [6, 6.07) is 5.57. The molecule has 0 aromatic heterocycles. The number of aliphatic hydroxyl groups excluding tert-OH is 1. The number of aliphatic hydroxyl groups is 1. The molecule has 0 heterocycles. The van der Waals surface area contributed by atoms with Crippen molar-refractivity contribution in [2.24, 2.45) is 0 Å². The van der Waals surface area contributed by atoms with Crippen molar-refractivity contribution in [2.45, 2.75) is 45.3 Å². The molecule has 104 valence electrons. The van der Waals surface area contributed by atoms with Gasteiger partial charge in [0, 0.05) is 24.3 Å². The van der Waals surface area contributed by atoms with Crippen molar-refractivity contribution in [3.05, 3.63) is 33.9 Å². The lowest BCUT2D eigenvalue weighted by molar-refractivity contribution is -0.385. The van der Waals surface area contributed by atoms with E-state index in [1.807, 2.05) is 0 Å². The Morgan fingerprint density at radius 3 is 2.63 bits per heavy atom. The molecule has 1 aromatic rings. The normalized spacial score (nSPS) is 15.7. The van der Waals surface area contributed by atoms with Crippen molar-refractivity contribution in [2.75, 3.05) is 11.4 Å². The van der Waals surface area contributed by atoms with Crippen LogP contribution in [-0.2, 0) is 6.61 Å². The van der Waals surface area contributed by atoms with Gasteiger partial charge in [-0.05, 0) is 31.9 Å². The van der Waals surface area contributed by atoms with E-state index in [-0.39, 0.29) is 12.3 Å². The summed E-state index contributed by atoms with van der Waals surface area (Å²) in [6.07, 6.45) is 4.86. The van der Waals surface area contributed by atoms with Crippen molar-refractivity contribution in [3.8, 4) is 0 Å². The maximum absolute atomic E-state index is 10.9. The quantitative estimate of drug-likeness (QED) is 0.656. The minimum absolute atomic E-state index is 0.00581. The van der Waals surface area contributed by atoms with Crippen molar-refractivity contribution >= 4 is 11.4 Å². The third-order valence-electron chi connectivity index (χ3n) is 3.87. The lowest BCUT2D eigenvalue weighted by Crippen LogP contribution is -2.33.